The van der Waals surface area contributed by atoms with Gasteiger partial charge >= 0.3 is 5.97 Å². The lowest BCUT2D eigenvalue weighted by Gasteiger charge is -2.30. The summed E-state index contributed by atoms with van der Waals surface area (Å²) in [5, 5.41) is 18.3. The molecule has 1 rings (SSSR count). The molecule has 1 fully saturated rings. The normalized spacial score (nSPS) is 32.8. The molecule has 0 aromatic heterocycles. The minimum absolute atomic E-state index is 0.333. The number of carboxylic acids is 1. The second kappa shape index (κ2) is 4.20. The second-order valence-electron chi connectivity index (χ2n) is 3.23. The van der Waals surface area contributed by atoms with Crippen molar-refractivity contribution in [2.24, 2.45) is 0 Å². The standard InChI is InChI=1S/C8H15O3P/c1-6(8(10)11)12-5-3-2-4-7(12)9/h6-7,9H,2-5H2,1H3,(H,10,11). The lowest BCUT2D eigenvalue weighted by atomic mass is 10.2. The molecule has 1 saturated heterocycles. The minimum atomic E-state index is -0.762. The summed E-state index contributed by atoms with van der Waals surface area (Å²) in [6, 6.07) is 0. The average molecular weight is 190 g/mol. The summed E-state index contributed by atoms with van der Waals surface area (Å²) < 4.78 is 0. The van der Waals surface area contributed by atoms with Gasteiger partial charge in [0.2, 0.25) is 0 Å². The molecule has 0 aromatic carbocycles. The summed E-state index contributed by atoms with van der Waals surface area (Å²) >= 11 is 0. The van der Waals surface area contributed by atoms with Crippen molar-refractivity contribution in [1.29, 1.82) is 0 Å². The Bertz CT molecular complexity index is 172. The molecule has 0 bridgehead atoms. The third kappa shape index (κ3) is 2.18. The Morgan fingerprint density at radius 1 is 1.58 bits per heavy atom. The number of hydrogen-bond donors (Lipinski definition) is 2. The molecule has 0 amide bonds. The van der Waals surface area contributed by atoms with Crippen LogP contribution in [0.4, 0.5) is 0 Å². The highest BCUT2D eigenvalue weighted by Gasteiger charge is 2.30. The lowest BCUT2D eigenvalue weighted by Crippen LogP contribution is -2.24. The Labute approximate surface area is 73.5 Å². The van der Waals surface area contributed by atoms with Gasteiger partial charge in [-0.1, -0.05) is 14.3 Å². The summed E-state index contributed by atoms with van der Waals surface area (Å²) in [5.74, 6) is -1.10. The highest BCUT2D eigenvalue weighted by molar-refractivity contribution is 7.59. The van der Waals surface area contributed by atoms with Crippen molar-refractivity contribution in [1.82, 2.24) is 0 Å². The molecule has 1 aliphatic rings. The second-order valence-corrected chi connectivity index (χ2v) is 6.07. The SMILES string of the molecule is CC(C(=O)O)P1CCCCC1O. The molecule has 3 atom stereocenters. The van der Waals surface area contributed by atoms with Crippen molar-refractivity contribution in [3.05, 3.63) is 0 Å². The summed E-state index contributed by atoms with van der Waals surface area (Å²) in [6.45, 7) is 1.71. The van der Waals surface area contributed by atoms with Crippen LogP contribution in [0.5, 0.6) is 0 Å². The topological polar surface area (TPSA) is 57.5 Å². The third-order valence-corrected chi connectivity index (χ3v) is 5.44. The van der Waals surface area contributed by atoms with E-state index in [2.05, 4.69) is 0 Å². The Kier molecular flexibility index (Phi) is 3.48. The molecule has 1 heterocycles. The Hall–Kier alpha value is -0.140. The van der Waals surface area contributed by atoms with Crippen LogP contribution >= 0.6 is 7.92 Å². The van der Waals surface area contributed by atoms with Crippen LogP contribution in [0.1, 0.15) is 26.2 Å². The third-order valence-electron chi connectivity index (χ3n) is 2.37. The van der Waals surface area contributed by atoms with Gasteiger partial charge in [-0.05, 0) is 25.9 Å². The number of carbonyl (C=O) groups is 1. The number of rotatable bonds is 2. The van der Waals surface area contributed by atoms with Crippen molar-refractivity contribution in [3.8, 4) is 0 Å². The molecule has 0 spiro atoms. The maximum Gasteiger partial charge on any atom is 0.310 e. The van der Waals surface area contributed by atoms with E-state index in [4.69, 9.17) is 5.11 Å². The van der Waals surface area contributed by atoms with Crippen LogP contribution in [0.25, 0.3) is 0 Å². The van der Waals surface area contributed by atoms with Gasteiger partial charge in [0.15, 0.2) is 0 Å². The van der Waals surface area contributed by atoms with Gasteiger partial charge in [-0.15, -0.1) is 0 Å². The van der Waals surface area contributed by atoms with Gasteiger partial charge in [0.25, 0.3) is 0 Å². The Morgan fingerprint density at radius 2 is 2.25 bits per heavy atom. The van der Waals surface area contributed by atoms with Gasteiger partial charge in [0.05, 0.1) is 11.5 Å². The van der Waals surface area contributed by atoms with Crippen LogP contribution < -0.4 is 0 Å². The molecule has 0 aromatic rings. The first kappa shape index (κ1) is 9.94. The van der Waals surface area contributed by atoms with Crippen LogP contribution in [0.3, 0.4) is 0 Å². The molecule has 1 aliphatic heterocycles. The zero-order valence-electron chi connectivity index (χ0n) is 7.23. The van der Waals surface area contributed by atoms with Gasteiger partial charge in [0, 0.05) is 0 Å². The van der Waals surface area contributed by atoms with E-state index in [0.29, 0.717) is 0 Å². The number of aliphatic carboxylic acids is 1. The van der Waals surface area contributed by atoms with Crippen LogP contribution in [0.15, 0.2) is 0 Å². The predicted molar refractivity (Wildman–Crippen MR) is 48.7 cm³/mol. The monoisotopic (exact) mass is 190 g/mol. The Balaban J connectivity index is 2.53. The molecule has 3 unspecified atom stereocenters. The van der Waals surface area contributed by atoms with Crippen molar-refractivity contribution >= 4 is 13.9 Å². The van der Waals surface area contributed by atoms with E-state index in [9.17, 15) is 9.90 Å². The maximum atomic E-state index is 10.6. The number of hydrogen-bond acceptors (Lipinski definition) is 2. The zero-order chi connectivity index (χ0) is 9.14. The summed E-state index contributed by atoms with van der Waals surface area (Å²) in [5.41, 5.74) is -0.338. The average Bonchev–Trinajstić information content (AvgIpc) is 2.04. The molecule has 0 saturated carbocycles. The molecule has 70 valence electrons. The first-order valence-corrected chi connectivity index (χ1v) is 5.96. The van der Waals surface area contributed by atoms with Crippen LogP contribution in [0.2, 0.25) is 0 Å². The number of aliphatic hydroxyl groups is 1. The van der Waals surface area contributed by atoms with E-state index in [-0.39, 0.29) is 11.5 Å². The van der Waals surface area contributed by atoms with E-state index < -0.39 is 13.9 Å². The zero-order valence-corrected chi connectivity index (χ0v) is 8.13. The van der Waals surface area contributed by atoms with E-state index in [0.717, 1.165) is 25.4 Å². The fourth-order valence-corrected chi connectivity index (χ4v) is 4.12. The molecule has 12 heavy (non-hydrogen) atoms. The first-order chi connectivity index (χ1) is 5.63. The molecular weight excluding hydrogens is 175 g/mol. The Morgan fingerprint density at radius 3 is 2.75 bits per heavy atom. The van der Waals surface area contributed by atoms with Gasteiger partial charge in [-0.3, -0.25) is 4.79 Å². The van der Waals surface area contributed by atoms with Crippen molar-refractivity contribution in [3.63, 3.8) is 0 Å². The van der Waals surface area contributed by atoms with Crippen molar-refractivity contribution in [2.45, 2.75) is 37.7 Å². The van der Waals surface area contributed by atoms with Crippen LogP contribution in [-0.2, 0) is 4.79 Å². The minimum Gasteiger partial charge on any atom is -0.481 e. The quantitative estimate of drug-likeness (QED) is 0.648. The number of aliphatic hydroxyl groups excluding tert-OH is 1. The van der Waals surface area contributed by atoms with Gasteiger partial charge in [-0.2, -0.15) is 0 Å². The van der Waals surface area contributed by atoms with E-state index in [1.165, 1.54) is 0 Å². The smallest absolute Gasteiger partial charge is 0.310 e. The largest absolute Gasteiger partial charge is 0.481 e. The van der Waals surface area contributed by atoms with Crippen LogP contribution in [-0.4, -0.2) is 33.8 Å². The molecule has 2 N–H and O–H groups in total. The molecule has 4 heteroatoms. The van der Waals surface area contributed by atoms with Gasteiger partial charge < -0.3 is 10.2 Å². The fourth-order valence-electron chi connectivity index (χ4n) is 1.53. The first-order valence-electron chi connectivity index (χ1n) is 4.29. The molecule has 3 nitrogen and oxygen atoms in total. The van der Waals surface area contributed by atoms with Gasteiger partial charge in [-0.25, -0.2) is 0 Å². The summed E-state index contributed by atoms with van der Waals surface area (Å²) in [7, 11) is -0.678. The summed E-state index contributed by atoms with van der Waals surface area (Å²) in [4.78, 5) is 10.6. The molecule has 0 aliphatic carbocycles. The maximum absolute atomic E-state index is 10.6. The van der Waals surface area contributed by atoms with Gasteiger partial charge in [0.1, 0.15) is 0 Å². The van der Waals surface area contributed by atoms with E-state index in [1.807, 2.05) is 0 Å². The van der Waals surface area contributed by atoms with Crippen molar-refractivity contribution < 1.29 is 15.0 Å². The predicted octanol–water partition coefficient (Wildman–Crippen LogP) is 1.44. The molecular formula is C8H15O3P. The summed E-state index contributed by atoms with van der Waals surface area (Å²) in [6.07, 6.45) is 3.85. The number of carboxylic acid groups (broad SMARTS) is 1. The lowest BCUT2D eigenvalue weighted by molar-refractivity contribution is -0.136. The van der Waals surface area contributed by atoms with E-state index in [1.54, 1.807) is 6.92 Å². The highest BCUT2D eigenvalue weighted by Crippen LogP contribution is 2.50. The highest BCUT2D eigenvalue weighted by atomic mass is 31.1. The fraction of sp³-hybridized carbons (Fsp3) is 0.875. The molecule has 0 radical (unpaired) electrons. The van der Waals surface area contributed by atoms with E-state index >= 15 is 0 Å². The van der Waals surface area contributed by atoms with Crippen LogP contribution in [0, 0.1) is 0 Å². The van der Waals surface area contributed by atoms with Crippen molar-refractivity contribution in [2.75, 3.05) is 6.16 Å².